The number of rotatable bonds is 2. The Morgan fingerprint density at radius 2 is 2.11 bits per heavy atom. The summed E-state index contributed by atoms with van der Waals surface area (Å²) in [4.78, 5) is 23.7. The lowest BCUT2D eigenvalue weighted by Gasteiger charge is -2.23. The molecule has 0 aliphatic carbocycles. The summed E-state index contributed by atoms with van der Waals surface area (Å²) in [6.45, 7) is 0.928. The van der Waals surface area contributed by atoms with Gasteiger partial charge in [0.2, 0.25) is 5.91 Å². The number of fused-ring (bicyclic) bond motifs is 1. The van der Waals surface area contributed by atoms with E-state index in [1.54, 1.807) is 0 Å². The minimum Gasteiger partial charge on any atom is -0.326 e. The number of benzene rings is 1. The van der Waals surface area contributed by atoms with E-state index in [4.69, 9.17) is 0 Å². The smallest absolute Gasteiger partial charge is 0.224 e. The summed E-state index contributed by atoms with van der Waals surface area (Å²) in [5.41, 5.74) is 2.68. The van der Waals surface area contributed by atoms with E-state index in [-0.39, 0.29) is 17.7 Å². The van der Waals surface area contributed by atoms with Gasteiger partial charge in [-0.2, -0.15) is 0 Å². The van der Waals surface area contributed by atoms with Crippen molar-refractivity contribution in [2.24, 2.45) is 0 Å². The molecule has 1 unspecified atom stereocenters. The zero-order chi connectivity index (χ0) is 13.2. The zero-order valence-corrected chi connectivity index (χ0v) is 10.9. The van der Waals surface area contributed by atoms with Crippen molar-refractivity contribution in [1.82, 2.24) is 5.32 Å². The number of carbonyl (C=O) groups excluding carboxylic acids is 2. The number of aryl methyl sites for hydroxylation is 1. The molecule has 1 amide bonds. The van der Waals surface area contributed by atoms with Crippen molar-refractivity contribution in [2.75, 3.05) is 11.9 Å². The summed E-state index contributed by atoms with van der Waals surface area (Å²) >= 11 is 0. The molecule has 0 spiro atoms. The van der Waals surface area contributed by atoms with Gasteiger partial charge in [0.25, 0.3) is 0 Å². The van der Waals surface area contributed by atoms with Gasteiger partial charge in [0, 0.05) is 17.7 Å². The second kappa shape index (κ2) is 5.13. The molecule has 0 bridgehead atoms. The summed E-state index contributed by atoms with van der Waals surface area (Å²) < 4.78 is 0. The molecule has 2 N–H and O–H groups in total. The van der Waals surface area contributed by atoms with Gasteiger partial charge in [-0.3, -0.25) is 9.59 Å². The lowest BCUT2D eigenvalue weighted by Crippen LogP contribution is -2.40. The quantitative estimate of drug-likeness (QED) is 0.796. The first-order chi connectivity index (χ1) is 9.24. The molecular weight excluding hydrogens is 240 g/mol. The fraction of sp³-hybridized carbons (Fsp3) is 0.467. The third kappa shape index (κ3) is 2.54. The Labute approximate surface area is 112 Å². The third-order valence-corrected chi connectivity index (χ3v) is 3.91. The molecule has 1 atom stereocenters. The van der Waals surface area contributed by atoms with Crippen molar-refractivity contribution >= 4 is 17.4 Å². The maximum atomic E-state index is 12.4. The summed E-state index contributed by atoms with van der Waals surface area (Å²) in [7, 11) is 0. The number of anilines is 1. The third-order valence-electron chi connectivity index (χ3n) is 3.91. The molecule has 0 saturated carbocycles. The van der Waals surface area contributed by atoms with Gasteiger partial charge in [-0.25, -0.2) is 0 Å². The van der Waals surface area contributed by atoms with Crippen LogP contribution in [0.25, 0.3) is 0 Å². The van der Waals surface area contributed by atoms with Crippen LogP contribution in [0.3, 0.4) is 0 Å². The van der Waals surface area contributed by atoms with Crippen molar-refractivity contribution < 1.29 is 9.59 Å². The van der Waals surface area contributed by atoms with Crippen LogP contribution < -0.4 is 10.6 Å². The molecular formula is C15H18N2O2. The highest BCUT2D eigenvalue weighted by Crippen LogP contribution is 2.24. The Hall–Kier alpha value is -1.68. The van der Waals surface area contributed by atoms with E-state index in [2.05, 4.69) is 10.6 Å². The Morgan fingerprint density at radius 3 is 2.89 bits per heavy atom. The molecule has 1 fully saturated rings. The maximum absolute atomic E-state index is 12.4. The first kappa shape index (κ1) is 12.4. The predicted octanol–water partition coefficient (Wildman–Crippen LogP) is 1.90. The minimum absolute atomic E-state index is 0.0371. The summed E-state index contributed by atoms with van der Waals surface area (Å²) in [6, 6.07) is 5.57. The van der Waals surface area contributed by atoms with Crippen molar-refractivity contribution in [3.05, 3.63) is 29.3 Å². The number of piperidine rings is 1. The number of ketones is 1. The second-order valence-electron chi connectivity index (χ2n) is 5.29. The van der Waals surface area contributed by atoms with Gasteiger partial charge in [-0.15, -0.1) is 0 Å². The number of hydrogen-bond donors (Lipinski definition) is 2. The van der Waals surface area contributed by atoms with Crippen LogP contribution in [0, 0.1) is 0 Å². The standard InChI is InChI=1S/C15H18N2O2/c18-14-7-5-10-9-11(4-6-12(10)17-14)15(19)13-3-1-2-8-16-13/h4,6,9,13,16H,1-3,5,7-8H2,(H,17,18). The van der Waals surface area contributed by atoms with Crippen LogP contribution in [0.5, 0.6) is 0 Å². The van der Waals surface area contributed by atoms with E-state index in [0.717, 1.165) is 49.0 Å². The topological polar surface area (TPSA) is 58.2 Å². The van der Waals surface area contributed by atoms with E-state index in [1.165, 1.54) is 0 Å². The molecule has 0 radical (unpaired) electrons. The number of hydrogen-bond acceptors (Lipinski definition) is 3. The average molecular weight is 258 g/mol. The SMILES string of the molecule is O=C1CCc2cc(C(=O)C3CCCCN3)ccc2N1. The van der Waals surface area contributed by atoms with Crippen LogP contribution in [-0.2, 0) is 11.2 Å². The van der Waals surface area contributed by atoms with Gasteiger partial charge in [-0.05, 0) is 49.6 Å². The molecule has 100 valence electrons. The van der Waals surface area contributed by atoms with E-state index in [1.807, 2.05) is 18.2 Å². The van der Waals surface area contributed by atoms with Crippen molar-refractivity contribution in [3.63, 3.8) is 0 Å². The monoisotopic (exact) mass is 258 g/mol. The van der Waals surface area contributed by atoms with Gasteiger partial charge in [0.1, 0.15) is 0 Å². The highest BCUT2D eigenvalue weighted by atomic mass is 16.1. The molecule has 19 heavy (non-hydrogen) atoms. The summed E-state index contributed by atoms with van der Waals surface area (Å²) in [5, 5.41) is 6.12. The van der Waals surface area contributed by atoms with Gasteiger partial charge in [-0.1, -0.05) is 6.42 Å². The van der Waals surface area contributed by atoms with Gasteiger partial charge >= 0.3 is 0 Å². The van der Waals surface area contributed by atoms with Crippen LogP contribution >= 0.6 is 0 Å². The maximum Gasteiger partial charge on any atom is 0.224 e. The average Bonchev–Trinajstić information content (AvgIpc) is 2.47. The van der Waals surface area contributed by atoms with Crippen molar-refractivity contribution in [3.8, 4) is 0 Å². The van der Waals surface area contributed by atoms with E-state index >= 15 is 0 Å². The molecule has 4 nitrogen and oxygen atoms in total. The molecule has 1 aromatic rings. The minimum atomic E-state index is -0.0371. The highest BCUT2D eigenvalue weighted by molar-refractivity contribution is 6.01. The first-order valence-electron chi connectivity index (χ1n) is 6.94. The number of Topliss-reactive ketones (excluding diaryl/α,β-unsaturated/α-hetero) is 1. The van der Waals surface area contributed by atoms with E-state index in [9.17, 15) is 9.59 Å². The Balaban J connectivity index is 1.81. The van der Waals surface area contributed by atoms with Gasteiger partial charge < -0.3 is 10.6 Å². The molecule has 3 rings (SSSR count). The van der Waals surface area contributed by atoms with Gasteiger partial charge in [0.15, 0.2) is 5.78 Å². The van der Waals surface area contributed by atoms with Gasteiger partial charge in [0.05, 0.1) is 6.04 Å². The van der Waals surface area contributed by atoms with Crippen LogP contribution in [0.4, 0.5) is 5.69 Å². The normalized spacial score (nSPS) is 22.5. The lowest BCUT2D eigenvalue weighted by molar-refractivity contribution is -0.116. The second-order valence-corrected chi connectivity index (χ2v) is 5.29. The Kier molecular flexibility index (Phi) is 3.34. The molecule has 2 aliphatic heterocycles. The first-order valence-corrected chi connectivity index (χ1v) is 6.94. The fourth-order valence-electron chi connectivity index (χ4n) is 2.81. The highest BCUT2D eigenvalue weighted by Gasteiger charge is 2.23. The number of nitrogens with one attached hydrogen (secondary N) is 2. The zero-order valence-electron chi connectivity index (χ0n) is 10.9. The summed E-state index contributed by atoms with van der Waals surface area (Å²) in [6.07, 6.45) is 4.42. The molecule has 1 saturated heterocycles. The summed E-state index contributed by atoms with van der Waals surface area (Å²) in [5.74, 6) is 0.236. The predicted molar refractivity (Wildman–Crippen MR) is 73.4 cm³/mol. The van der Waals surface area contributed by atoms with Crippen LogP contribution in [0.15, 0.2) is 18.2 Å². The van der Waals surface area contributed by atoms with Crippen LogP contribution in [0.2, 0.25) is 0 Å². The Bertz CT molecular complexity index is 519. The molecule has 2 aliphatic rings. The molecule has 2 heterocycles. The van der Waals surface area contributed by atoms with Crippen LogP contribution in [-0.4, -0.2) is 24.3 Å². The van der Waals surface area contributed by atoms with E-state index < -0.39 is 0 Å². The Morgan fingerprint density at radius 1 is 1.21 bits per heavy atom. The van der Waals surface area contributed by atoms with Crippen molar-refractivity contribution in [2.45, 2.75) is 38.1 Å². The number of carbonyl (C=O) groups is 2. The van der Waals surface area contributed by atoms with Crippen LogP contribution in [0.1, 0.15) is 41.6 Å². The molecule has 0 aromatic heterocycles. The molecule has 1 aromatic carbocycles. The fourth-order valence-corrected chi connectivity index (χ4v) is 2.81. The molecule has 4 heteroatoms. The number of amides is 1. The lowest BCUT2D eigenvalue weighted by atomic mass is 9.93. The largest absolute Gasteiger partial charge is 0.326 e. The van der Waals surface area contributed by atoms with E-state index in [0.29, 0.717) is 6.42 Å². The van der Waals surface area contributed by atoms with Crippen molar-refractivity contribution in [1.29, 1.82) is 0 Å².